The number of cyclic esters (lactones) is 1. The van der Waals surface area contributed by atoms with Gasteiger partial charge in [-0.25, -0.2) is 18.6 Å². The number of hydrogen-bond acceptors (Lipinski definition) is 4. The van der Waals surface area contributed by atoms with Crippen molar-refractivity contribution in [2.45, 2.75) is 6.61 Å². The third-order valence-electron chi connectivity index (χ3n) is 4.23. The molecule has 0 unspecified atom stereocenters. The summed E-state index contributed by atoms with van der Waals surface area (Å²) >= 11 is 0. The number of esters is 1. The second-order valence-electron chi connectivity index (χ2n) is 6.30. The van der Waals surface area contributed by atoms with Gasteiger partial charge in [0.15, 0.2) is 5.70 Å². The summed E-state index contributed by atoms with van der Waals surface area (Å²) in [4.78, 5) is 16.4. The van der Waals surface area contributed by atoms with E-state index in [1.54, 1.807) is 30.3 Å². The molecule has 0 saturated carbocycles. The van der Waals surface area contributed by atoms with E-state index in [1.165, 1.54) is 36.4 Å². The third-order valence-corrected chi connectivity index (χ3v) is 4.23. The van der Waals surface area contributed by atoms with E-state index in [0.717, 1.165) is 5.56 Å². The molecule has 1 aliphatic rings. The zero-order chi connectivity index (χ0) is 20.2. The Morgan fingerprint density at radius 2 is 1.55 bits per heavy atom. The summed E-state index contributed by atoms with van der Waals surface area (Å²) in [6.45, 7) is 0.245. The average molecular weight is 391 g/mol. The molecule has 29 heavy (non-hydrogen) atoms. The van der Waals surface area contributed by atoms with Crippen LogP contribution in [0.15, 0.2) is 83.5 Å². The number of ether oxygens (including phenoxy) is 2. The maximum atomic E-state index is 13.1. The molecule has 144 valence electrons. The van der Waals surface area contributed by atoms with Gasteiger partial charge >= 0.3 is 5.97 Å². The zero-order valence-electron chi connectivity index (χ0n) is 15.1. The van der Waals surface area contributed by atoms with Crippen LogP contribution in [0.2, 0.25) is 0 Å². The minimum absolute atomic E-state index is 0.113. The van der Waals surface area contributed by atoms with Crippen LogP contribution in [0.25, 0.3) is 6.08 Å². The Morgan fingerprint density at radius 1 is 0.897 bits per heavy atom. The number of carbonyl (C=O) groups excluding carboxylic acids is 1. The lowest BCUT2D eigenvalue weighted by molar-refractivity contribution is -0.129. The first-order chi connectivity index (χ1) is 14.1. The molecule has 0 aromatic heterocycles. The Bertz CT molecular complexity index is 1100. The molecule has 0 fully saturated rings. The Labute approximate surface area is 165 Å². The molecule has 1 aliphatic heterocycles. The summed E-state index contributed by atoms with van der Waals surface area (Å²) in [6, 6.07) is 18.7. The first-order valence-electron chi connectivity index (χ1n) is 8.83. The Kier molecular flexibility index (Phi) is 5.16. The number of rotatable bonds is 5. The van der Waals surface area contributed by atoms with Crippen LogP contribution in [0.1, 0.15) is 16.7 Å². The molecule has 0 radical (unpaired) electrons. The van der Waals surface area contributed by atoms with Crippen molar-refractivity contribution < 1.29 is 23.0 Å². The topological polar surface area (TPSA) is 47.9 Å². The summed E-state index contributed by atoms with van der Waals surface area (Å²) in [5.41, 5.74) is 2.07. The van der Waals surface area contributed by atoms with E-state index in [2.05, 4.69) is 4.99 Å². The van der Waals surface area contributed by atoms with E-state index >= 15 is 0 Å². The van der Waals surface area contributed by atoms with Gasteiger partial charge in [-0.3, -0.25) is 0 Å². The second-order valence-corrected chi connectivity index (χ2v) is 6.30. The maximum Gasteiger partial charge on any atom is 0.363 e. The molecule has 4 rings (SSSR count). The zero-order valence-corrected chi connectivity index (χ0v) is 15.1. The van der Waals surface area contributed by atoms with Crippen molar-refractivity contribution in [1.29, 1.82) is 0 Å². The quantitative estimate of drug-likeness (QED) is 0.460. The Morgan fingerprint density at radius 3 is 2.28 bits per heavy atom. The number of carbonyl (C=O) groups is 1. The second kappa shape index (κ2) is 8.06. The number of halogens is 2. The average Bonchev–Trinajstić information content (AvgIpc) is 3.09. The highest BCUT2D eigenvalue weighted by Gasteiger charge is 2.24. The number of para-hydroxylation sites is 1. The molecule has 1 heterocycles. The molecule has 3 aromatic rings. The van der Waals surface area contributed by atoms with Crippen LogP contribution in [-0.4, -0.2) is 11.9 Å². The van der Waals surface area contributed by atoms with Crippen molar-refractivity contribution >= 4 is 17.9 Å². The van der Waals surface area contributed by atoms with E-state index in [4.69, 9.17) is 9.47 Å². The lowest BCUT2D eigenvalue weighted by atomic mass is 10.1. The number of aliphatic imine (C=N–C) groups is 1. The molecule has 6 heteroatoms. The van der Waals surface area contributed by atoms with Crippen LogP contribution in [0.4, 0.5) is 8.78 Å². The first-order valence-corrected chi connectivity index (χ1v) is 8.83. The van der Waals surface area contributed by atoms with Crippen molar-refractivity contribution in [2.24, 2.45) is 4.99 Å². The predicted octanol–water partition coefficient (Wildman–Crippen LogP) is 4.89. The smallest absolute Gasteiger partial charge is 0.363 e. The van der Waals surface area contributed by atoms with Gasteiger partial charge in [0.1, 0.15) is 24.0 Å². The lowest BCUT2D eigenvalue weighted by Gasteiger charge is -2.09. The monoisotopic (exact) mass is 391 g/mol. The van der Waals surface area contributed by atoms with Gasteiger partial charge in [-0.1, -0.05) is 30.3 Å². The minimum Gasteiger partial charge on any atom is -0.488 e. The van der Waals surface area contributed by atoms with Crippen LogP contribution < -0.4 is 4.74 Å². The molecule has 0 N–H and O–H groups in total. The fourth-order valence-corrected chi connectivity index (χ4v) is 2.75. The van der Waals surface area contributed by atoms with E-state index in [1.807, 2.05) is 12.1 Å². The van der Waals surface area contributed by atoms with Crippen molar-refractivity contribution in [1.82, 2.24) is 0 Å². The molecular formula is C23H15F2NO3. The number of nitrogens with zero attached hydrogens (tertiary/aromatic N) is 1. The molecule has 3 aromatic carbocycles. The molecule has 0 bridgehead atoms. The molecular weight excluding hydrogens is 376 g/mol. The largest absolute Gasteiger partial charge is 0.488 e. The summed E-state index contributed by atoms with van der Waals surface area (Å²) in [5.74, 6) is -0.638. The van der Waals surface area contributed by atoms with E-state index < -0.39 is 5.97 Å². The van der Waals surface area contributed by atoms with Crippen LogP contribution in [-0.2, 0) is 16.1 Å². The van der Waals surface area contributed by atoms with Gasteiger partial charge in [0, 0.05) is 11.1 Å². The van der Waals surface area contributed by atoms with Gasteiger partial charge in [0.2, 0.25) is 5.90 Å². The van der Waals surface area contributed by atoms with Gasteiger partial charge < -0.3 is 9.47 Å². The fraction of sp³-hybridized carbons (Fsp3) is 0.0435. The van der Waals surface area contributed by atoms with Gasteiger partial charge in [-0.15, -0.1) is 0 Å². The van der Waals surface area contributed by atoms with Crippen molar-refractivity contribution in [3.63, 3.8) is 0 Å². The van der Waals surface area contributed by atoms with Gasteiger partial charge in [-0.05, 0) is 54.1 Å². The predicted molar refractivity (Wildman–Crippen MR) is 104 cm³/mol. The standard InChI is InChI=1S/C23H15F2NO3/c24-18-9-5-15(6-10-18)14-28-21-4-2-1-3-17(21)13-20-23(27)29-22(26-20)16-7-11-19(25)12-8-16/h1-13H,14H2/b20-13-. The molecule has 0 spiro atoms. The summed E-state index contributed by atoms with van der Waals surface area (Å²) in [5, 5.41) is 0. The van der Waals surface area contributed by atoms with Crippen molar-refractivity contribution in [2.75, 3.05) is 0 Å². The lowest BCUT2D eigenvalue weighted by Crippen LogP contribution is -2.05. The highest BCUT2D eigenvalue weighted by Crippen LogP contribution is 2.25. The summed E-state index contributed by atoms with van der Waals surface area (Å²) < 4.78 is 37.1. The third kappa shape index (κ3) is 4.38. The van der Waals surface area contributed by atoms with Gasteiger partial charge in [0.25, 0.3) is 0 Å². The van der Waals surface area contributed by atoms with Crippen LogP contribution in [0, 0.1) is 11.6 Å². The van der Waals surface area contributed by atoms with Crippen molar-refractivity contribution in [3.8, 4) is 5.75 Å². The molecule has 4 nitrogen and oxygen atoms in total. The number of benzene rings is 3. The summed E-state index contributed by atoms with van der Waals surface area (Å²) in [7, 11) is 0. The van der Waals surface area contributed by atoms with E-state index in [9.17, 15) is 13.6 Å². The highest BCUT2D eigenvalue weighted by atomic mass is 19.1. The SMILES string of the molecule is O=C1OC(c2ccc(F)cc2)=N/C1=C\c1ccccc1OCc1ccc(F)cc1. The van der Waals surface area contributed by atoms with E-state index in [0.29, 0.717) is 16.9 Å². The first kappa shape index (κ1) is 18.6. The number of hydrogen-bond donors (Lipinski definition) is 0. The van der Waals surface area contributed by atoms with Gasteiger partial charge in [0.05, 0.1) is 0 Å². The molecule has 0 amide bonds. The van der Waals surface area contributed by atoms with Crippen LogP contribution >= 0.6 is 0 Å². The van der Waals surface area contributed by atoms with Gasteiger partial charge in [-0.2, -0.15) is 0 Å². The van der Waals surface area contributed by atoms with E-state index in [-0.39, 0.29) is 29.8 Å². The fourth-order valence-electron chi connectivity index (χ4n) is 2.75. The van der Waals surface area contributed by atoms with Crippen LogP contribution in [0.5, 0.6) is 5.75 Å². The maximum absolute atomic E-state index is 13.1. The molecule has 0 atom stereocenters. The normalized spacial score (nSPS) is 14.6. The molecule has 0 aliphatic carbocycles. The molecule has 0 saturated heterocycles. The minimum atomic E-state index is -0.599. The Hall–Kier alpha value is -3.80. The van der Waals surface area contributed by atoms with Crippen LogP contribution in [0.3, 0.4) is 0 Å². The highest BCUT2D eigenvalue weighted by molar-refractivity contribution is 6.12. The Balaban J connectivity index is 1.56. The summed E-state index contributed by atoms with van der Waals surface area (Å²) in [6.07, 6.45) is 1.57. The van der Waals surface area contributed by atoms with Crippen molar-refractivity contribution in [3.05, 3.63) is 107 Å².